The second-order valence-electron chi connectivity index (χ2n) is 5.88. The summed E-state index contributed by atoms with van der Waals surface area (Å²) >= 11 is 3.27. The van der Waals surface area contributed by atoms with E-state index in [9.17, 15) is 13.2 Å². The second kappa shape index (κ2) is 8.31. The van der Waals surface area contributed by atoms with E-state index >= 15 is 0 Å². The molecular weight excluding hydrogens is 396 g/mol. The van der Waals surface area contributed by atoms with Gasteiger partial charge in [0.25, 0.3) is 5.91 Å². The van der Waals surface area contributed by atoms with Crippen LogP contribution in [0.4, 0.5) is 5.69 Å². The Bertz CT molecular complexity index is 706. The fourth-order valence-electron chi connectivity index (χ4n) is 2.54. The third-order valence-electron chi connectivity index (χ3n) is 4.06. The maximum atomic E-state index is 12.6. The van der Waals surface area contributed by atoms with Gasteiger partial charge in [-0.25, -0.2) is 13.1 Å². The number of fused-ring (bicyclic) bond motifs is 1. The van der Waals surface area contributed by atoms with Gasteiger partial charge < -0.3 is 10.1 Å². The van der Waals surface area contributed by atoms with Crippen LogP contribution in [0.3, 0.4) is 0 Å². The quantitative estimate of drug-likeness (QED) is 0.678. The third-order valence-corrected chi connectivity index (χ3v) is 6.44. The Morgan fingerprint density at radius 3 is 2.79 bits per heavy atom. The van der Waals surface area contributed by atoms with Gasteiger partial charge in [0.1, 0.15) is 5.75 Å². The number of rotatable bonds is 8. The number of nitrogens with one attached hydrogen (secondary N) is 2. The molecule has 1 amide bonds. The monoisotopic (exact) mass is 418 g/mol. The summed E-state index contributed by atoms with van der Waals surface area (Å²) in [5.41, 5.74) is 0.464. The molecule has 0 bridgehead atoms. The molecule has 0 saturated carbocycles. The summed E-state index contributed by atoms with van der Waals surface area (Å²) in [5.74, 6) is 0.424. The SMILES string of the molecule is CCCCC(CC)CNS(=O)(=O)c1cc2c(cc1Br)NC(=O)CO2. The molecule has 1 aliphatic heterocycles. The molecule has 1 aliphatic rings. The molecule has 2 N–H and O–H groups in total. The van der Waals surface area contributed by atoms with Gasteiger partial charge in [0, 0.05) is 17.1 Å². The molecular formula is C16H23BrN2O4S. The van der Waals surface area contributed by atoms with Crippen molar-refractivity contribution in [3.63, 3.8) is 0 Å². The van der Waals surface area contributed by atoms with E-state index < -0.39 is 10.0 Å². The number of hydrogen-bond acceptors (Lipinski definition) is 4. The Labute approximate surface area is 151 Å². The maximum Gasteiger partial charge on any atom is 0.262 e. The van der Waals surface area contributed by atoms with Crippen LogP contribution in [0.1, 0.15) is 39.5 Å². The van der Waals surface area contributed by atoms with Crippen molar-refractivity contribution in [1.82, 2.24) is 4.72 Å². The van der Waals surface area contributed by atoms with Crippen LogP contribution in [-0.4, -0.2) is 27.5 Å². The topological polar surface area (TPSA) is 84.5 Å². The molecule has 6 nitrogen and oxygen atoms in total. The van der Waals surface area contributed by atoms with Crippen molar-refractivity contribution in [3.05, 3.63) is 16.6 Å². The second-order valence-corrected chi connectivity index (χ2v) is 8.47. The number of sulfonamides is 1. The highest BCUT2D eigenvalue weighted by atomic mass is 79.9. The molecule has 1 aromatic carbocycles. The Kier molecular flexibility index (Phi) is 6.65. The highest BCUT2D eigenvalue weighted by molar-refractivity contribution is 9.10. The first kappa shape index (κ1) is 19.2. The average Bonchev–Trinajstić information content (AvgIpc) is 2.54. The summed E-state index contributed by atoms with van der Waals surface area (Å²) in [6, 6.07) is 2.99. The first-order valence-corrected chi connectivity index (χ1v) is 10.4. The van der Waals surface area contributed by atoms with E-state index in [1.807, 2.05) is 0 Å². The van der Waals surface area contributed by atoms with Crippen LogP contribution < -0.4 is 14.8 Å². The molecule has 24 heavy (non-hydrogen) atoms. The van der Waals surface area contributed by atoms with Crippen LogP contribution in [-0.2, 0) is 14.8 Å². The highest BCUT2D eigenvalue weighted by Gasteiger charge is 2.24. The van der Waals surface area contributed by atoms with Gasteiger partial charge in [-0.15, -0.1) is 0 Å². The molecule has 0 aliphatic carbocycles. The van der Waals surface area contributed by atoms with Gasteiger partial charge in [-0.05, 0) is 34.3 Å². The lowest BCUT2D eigenvalue weighted by atomic mass is 10.00. The number of carbonyl (C=O) groups excluding carboxylic acids is 1. The number of halogens is 1. The van der Waals surface area contributed by atoms with Crippen LogP contribution >= 0.6 is 15.9 Å². The van der Waals surface area contributed by atoms with Crippen LogP contribution in [0.25, 0.3) is 0 Å². The van der Waals surface area contributed by atoms with Gasteiger partial charge in [0.2, 0.25) is 10.0 Å². The Balaban J connectivity index is 2.15. The third kappa shape index (κ3) is 4.70. The van der Waals surface area contributed by atoms with Gasteiger partial charge in [-0.3, -0.25) is 4.79 Å². The Morgan fingerprint density at radius 2 is 2.12 bits per heavy atom. The van der Waals surface area contributed by atoms with Gasteiger partial charge in [0.15, 0.2) is 6.61 Å². The van der Waals surface area contributed by atoms with E-state index in [2.05, 4.69) is 39.8 Å². The van der Waals surface area contributed by atoms with Crippen molar-refractivity contribution in [2.75, 3.05) is 18.5 Å². The number of hydrogen-bond donors (Lipinski definition) is 2. The normalized spacial score (nSPS) is 15.4. The number of carbonyl (C=O) groups is 1. The van der Waals surface area contributed by atoms with Crippen molar-refractivity contribution in [3.8, 4) is 5.75 Å². The van der Waals surface area contributed by atoms with Crippen LogP contribution in [0.15, 0.2) is 21.5 Å². The van der Waals surface area contributed by atoms with E-state index in [1.54, 1.807) is 6.07 Å². The van der Waals surface area contributed by atoms with Crippen LogP contribution in [0.5, 0.6) is 5.75 Å². The lowest BCUT2D eigenvalue weighted by Gasteiger charge is -2.20. The molecule has 8 heteroatoms. The number of benzene rings is 1. The van der Waals surface area contributed by atoms with E-state index in [-0.39, 0.29) is 17.4 Å². The predicted octanol–water partition coefficient (Wildman–Crippen LogP) is 3.27. The molecule has 0 fully saturated rings. The average molecular weight is 419 g/mol. The van der Waals surface area contributed by atoms with Gasteiger partial charge in [-0.2, -0.15) is 0 Å². The predicted molar refractivity (Wildman–Crippen MR) is 96.8 cm³/mol. The zero-order valence-corrected chi connectivity index (χ0v) is 16.3. The van der Waals surface area contributed by atoms with Crippen molar-refractivity contribution >= 4 is 37.5 Å². The molecule has 2 rings (SSSR count). The molecule has 1 atom stereocenters. The fourth-order valence-corrected chi connectivity index (χ4v) is 4.71. The largest absolute Gasteiger partial charge is 0.482 e. The minimum Gasteiger partial charge on any atom is -0.482 e. The standard InChI is InChI=1S/C16H23BrN2O4S/c1-3-5-6-11(4-2)9-18-24(21,22)15-8-14-13(7-12(15)17)19-16(20)10-23-14/h7-8,11,18H,3-6,9-10H2,1-2H3,(H,19,20). The number of amides is 1. The van der Waals surface area contributed by atoms with Gasteiger partial charge >= 0.3 is 0 Å². The van der Waals surface area contributed by atoms with E-state index in [1.165, 1.54) is 6.07 Å². The van der Waals surface area contributed by atoms with Crippen molar-refractivity contribution in [2.45, 2.75) is 44.4 Å². The van der Waals surface area contributed by atoms with Gasteiger partial charge in [0.05, 0.1) is 10.6 Å². The molecule has 1 unspecified atom stereocenters. The number of ether oxygens (including phenoxy) is 1. The summed E-state index contributed by atoms with van der Waals surface area (Å²) in [6.45, 7) is 4.50. The van der Waals surface area contributed by atoms with Crippen LogP contribution in [0.2, 0.25) is 0 Å². The minimum absolute atomic E-state index is 0.114. The van der Waals surface area contributed by atoms with Crippen molar-refractivity contribution < 1.29 is 17.9 Å². The molecule has 0 spiro atoms. The van der Waals surface area contributed by atoms with Crippen molar-refractivity contribution in [2.24, 2.45) is 5.92 Å². The molecule has 1 aromatic rings. The molecule has 0 radical (unpaired) electrons. The fraction of sp³-hybridized carbons (Fsp3) is 0.562. The summed E-state index contributed by atoms with van der Waals surface area (Å²) in [4.78, 5) is 11.4. The maximum absolute atomic E-state index is 12.6. The zero-order valence-electron chi connectivity index (χ0n) is 13.9. The lowest BCUT2D eigenvalue weighted by Crippen LogP contribution is -2.30. The Morgan fingerprint density at radius 1 is 1.38 bits per heavy atom. The van der Waals surface area contributed by atoms with Gasteiger partial charge in [-0.1, -0.05) is 33.1 Å². The smallest absolute Gasteiger partial charge is 0.262 e. The van der Waals surface area contributed by atoms with E-state index in [0.29, 0.717) is 28.4 Å². The number of unbranched alkanes of at least 4 members (excludes halogenated alkanes) is 1. The molecule has 0 aromatic heterocycles. The van der Waals surface area contributed by atoms with E-state index in [0.717, 1.165) is 25.7 Å². The first-order valence-electron chi connectivity index (χ1n) is 8.13. The van der Waals surface area contributed by atoms with E-state index in [4.69, 9.17) is 4.74 Å². The molecule has 1 heterocycles. The first-order chi connectivity index (χ1) is 11.4. The molecule has 0 saturated heterocycles. The highest BCUT2D eigenvalue weighted by Crippen LogP contribution is 2.35. The number of anilines is 1. The summed E-state index contributed by atoms with van der Waals surface area (Å²) in [6.07, 6.45) is 4.14. The summed E-state index contributed by atoms with van der Waals surface area (Å²) < 4.78 is 33.6. The Hall–Kier alpha value is -1.12. The van der Waals surface area contributed by atoms with Crippen molar-refractivity contribution in [1.29, 1.82) is 0 Å². The molecule has 134 valence electrons. The lowest BCUT2D eigenvalue weighted by molar-refractivity contribution is -0.118. The minimum atomic E-state index is -3.66. The summed E-state index contributed by atoms with van der Waals surface area (Å²) in [7, 11) is -3.66. The van der Waals surface area contributed by atoms with Crippen LogP contribution in [0, 0.1) is 5.92 Å². The zero-order chi connectivity index (χ0) is 17.7. The summed E-state index contributed by atoms with van der Waals surface area (Å²) in [5, 5.41) is 2.65.